The number of hydrogen-bond donors (Lipinski definition) is 4. The molecule has 0 aliphatic carbocycles. The smallest absolute Gasteiger partial charge is 0.317 e. The van der Waals surface area contributed by atoms with Crippen molar-refractivity contribution in [3.63, 3.8) is 0 Å². The molecule has 0 radical (unpaired) electrons. The third-order valence-electron chi connectivity index (χ3n) is 8.63. The van der Waals surface area contributed by atoms with Gasteiger partial charge in [0.1, 0.15) is 18.3 Å². The first kappa shape index (κ1) is 56.8. The summed E-state index contributed by atoms with van der Waals surface area (Å²) >= 11 is 0. The number of rotatable bonds is 38. The van der Waals surface area contributed by atoms with E-state index in [1.165, 1.54) is 70.6 Å². The molecule has 18 heteroatoms. The van der Waals surface area contributed by atoms with E-state index in [4.69, 9.17) is 39.9 Å². The van der Waals surface area contributed by atoms with Crippen LogP contribution in [0.1, 0.15) is 90.4 Å². The molecular weight excluding hydrogens is 817 g/mol. The third-order valence-corrected chi connectivity index (χ3v) is 30.8. The molecule has 0 saturated heterocycles. The molecule has 5 unspecified atom stereocenters. The number of aliphatic hydroxyl groups excluding tert-OH is 4. The Labute approximate surface area is 350 Å². The summed E-state index contributed by atoms with van der Waals surface area (Å²) in [7, 11) is -14.4. The summed E-state index contributed by atoms with van der Waals surface area (Å²) in [6.45, 7) is 28.5. The molecule has 0 rings (SSSR count). The van der Waals surface area contributed by atoms with Crippen molar-refractivity contribution in [1.29, 1.82) is 0 Å². The SMILES string of the molecule is CCCCCCCCCCCCCC[Si](C)(O[Si](C)(C)O[Si](C)(C)C)O[Si](C)(C)O[Si](C)(CCCOCC(O)COCC(O)COCC(O)CO)O[Si](C)(C)C. The zero-order valence-electron chi connectivity index (χ0n) is 38.3. The third kappa shape index (κ3) is 33.5. The second kappa shape index (κ2) is 29.2. The highest BCUT2D eigenvalue weighted by Gasteiger charge is 2.49. The van der Waals surface area contributed by atoms with Crippen molar-refractivity contribution in [2.75, 3.05) is 46.2 Å². The molecule has 0 aliphatic rings. The van der Waals surface area contributed by atoms with E-state index in [1.807, 2.05) is 0 Å². The highest BCUT2D eigenvalue weighted by atomic mass is 28.5. The number of hydrogen-bond acceptors (Lipinski definition) is 12. The van der Waals surface area contributed by atoms with E-state index in [9.17, 15) is 15.3 Å². The molecule has 4 N–H and O–H groups in total. The van der Waals surface area contributed by atoms with Crippen molar-refractivity contribution in [1.82, 2.24) is 0 Å². The van der Waals surface area contributed by atoms with Crippen LogP contribution < -0.4 is 0 Å². The summed E-state index contributed by atoms with van der Waals surface area (Å²) in [5, 5.41) is 38.4. The molecule has 0 aromatic heterocycles. The summed E-state index contributed by atoms with van der Waals surface area (Å²) in [6.07, 6.45) is 13.7. The predicted octanol–water partition coefficient (Wildman–Crippen LogP) is 8.50. The number of ether oxygens (including phenoxy) is 3. The van der Waals surface area contributed by atoms with Gasteiger partial charge in [-0.3, -0.25) is 0 Å². The van der Waals surface area contributed by atoms with E-state index in [-0.39, 0.29) is 33.0 Å². The molecule has 56 heavy (non-hydrogen) atoms. The van der Waals surface area contributed by atoms with Crippen LogP contribution in [0, 0.1) is 0 Å². The fourth-order valence-corrected chi connectivity index (χ4v) is 36.1. The molecule has 0 spiro atoms. The molecule has 0 fully saturated rings. The van der Waals surface area contributed by atoms with Crippen LogP contribution in [0.4, 0.5) is 0 Å². The maximum atomic E-state index is 10.3. The molecule has 0 aromatic carbocycles. The van der Waals surface area contributed by atoms with Crippen LogP contribution >= 0.6 is 0 Å². The second-order valence-electron chi connectivity index (χ2n) is 18.8. The summed E-state index contributed by atoms with van der Waals surface area (Å²) in [5.74, 6) is 0. The van der Waals surface area contributed by atoms with E-state index in [0.717, 1.165) is 24.9 Å². The Bertz CT molecular complexity index is 975. The van der Waals surface area contributed by atoms with Crippen molar-refractivity contribution < 1.29 is 55.2 Å². The molecule has 0 aromatic rings. The van der Waals surface area contributed by atoms with Gasteiger partial charge in [-0.2, -0.15) is 0 Å². The molecular formula is C38H90O12Si6. The molecule has 338 valence electrons. The van der Waals surface area contributed by atoms with Gasteiger partial charge in [0.05, 0.1) is 39.6 Å². The fraction of sp³-hybridized carbons (Fsp3) is 1.00. The zero-order valence-corrected chi connectivity index (χ0v) is 44.3. The van der Waals surface area contributed by atoms with Crippen LogP contribution in [-0.4, -0.2) is 136 Å². The predicted molar refractivity (Wildman–Crippen MR) is 243 cm³/mol. The molecule has 0 aliphatic heterocycles. The van der Waals surface area contributed by atoms with E-state index >= 15 is 0 Å². The van der Waals surface area contributed by atoms with E-state index < -0.39 is 75.8 Å². The number of aliphatic hydroxyl groups is 4. The summed E-state index contributed by atoms with van der Waals surface area (Å²) in [4.78, 5) is 0. The first-order valence-electron chi connectivity index (χ1n) is 21.7. The Morgan fingerprint density at radius 1 is 0.393 bits per heavy atom. The van der Waals surface area contributed by atoms with Gasteiger partial charge in [-0.25, -0.2) is 0 Å². The van der Waals surface area contributed by atoms with Gasteiger partial charge in [0, 0.05) is 6.61 Å². The fourth-order valence-electron chi connectivity index (χ4n) is 7.06. The Balaban J connectivity index is 5.25. The lowest BCUT2D eigenvalue weighted by atomic mass is 10.1. The van der Waals surface area contributed by atoms with E-state index in [0.29, 0.717) is 6.61 Å². The average molecular weight is 908 g/mol. The van der Waals surface area contributed by atoms with Crippen LogP contribution in [-0.2, 0) is 34.8 Å². The molecule has 0 amide bonds. The molecule has 0 bridgehead atoms. The Morgan fingerprint density at radius 3 is 1.14 bits per heavy atom. The quantitative estimate of drug-likeness (QED) is 0.0347. The average Bonchev–Trinajstić information content (AvgIpc) is 3.01. The standard InChI is InChI=1S/C38H90O12Si6/c1-14-15-16-17-18-19-20-21-22-23-24-25-28-56(13,48-53(8,9)46-51(2,3)4)50-54(10,11)49-55(12,47-52(5,6)7)29-26-27-43-32-37(41)33-45-35-38(42)34-44-31-36(40)30-39/h36-42H,14-35H2,1-13H3. The van der Waals surface area contributed by atoms with Gasteiger partial charge in [0.2, 0.25) is 0 Å². The summed E-state index contributed by atoms with van der Waals surface area (Å²) in [6, 6.07) is 1.65. The van der Waals surface area contributed by atoms with Crippen molar-refractivity contribution in [3.05, 3.63) is 0 Å². The lowest BCUT2D eigenvalue weighted by molar-refractivity contribution is -0.0674. The van der Waals surface area contributed by atoms with Crippen LogP contribution in [0.15, 0.2) is 0 Å². The van der Waals surface area contributed by atoms with Gasteiger partial charge in [-0.1, -0.05) is 84.0 Å². The first-order valence-corrected chi connectivity index (χ1v) is 39.2. The van der Waals surface area contributed by atoms with Crippen LogP contribution in [0.25, 0.3) is 0 Å². The van der Waals surface area contributed by atoms with Gasteiger partial charge in [-0.05, 0) is 97.1 Å². The van der Waals surface area contributed by atoms with Gasteiger partial charge >= 0.3 is 34.2 Å². The summed E-state index contributed by atoms with van der Waals surface area (Å²) in [5.41, 5.74) is 0. The van der Waals surface area contributed by atoms with Crippen molar-refractivity contribution in [2.24, 2.45) is 0 Å². The maximum Gasteiger partial charge on any atom is 0.317 e. The van der Waals surface area contributed by atoms with Crippen molar-refractivity contribution in [3.8, 4) is 0 Å². The minimum absolute atomic E-state index is 0.00832. The van der Waals surface area contributed by atoms with E-state index in [2.05, 4.69) is 85.5 Å². The first-order chi connectivity index (χ1) is 25.8. The van der Waals surface area contributed by atoms with Crippen LogP contribution in [0.3, 0.4) is 0 Å². The lowest BCUT2D eigenvalue weighted by Gasteiger charge is -2.44. The van der Waals surface area contributed by atoms with Crippen molar-refractivity contribution in [2.45, 2.75) is 199 Å². The highest BCUT2D eigenvalue weighted by molar-refractivity contribution is 6.91. The second-order valence-corrected chi connectivity index (χ2v) is 42.5. The molecule has 0 heterocycles. The van der Waals surface area contributed by atoms with Gasteiger partial charge in [0.25, 0.3) is 0 Å². The molecule has 12 nitrogen and oxygen atoms in total. The lowest BCUT2D eigenvalue weighted by Crippen LogP contribution is -2.61. The van der Waals surface area contributed by atoms with E-state index in [1.54, 1.807) is 0 Å². The monoisotopic (exact) mass is 907 g/mol. The number of unbranched alkanes of at least 4 members (excludes halogenated alkanes) is 11. The Morgan fingerprint density at radius 2 is 0.732 bits per heavy atom. The van der Waals surface area contributed by atoms with Gasteiger partial charge in [0.15, 0.2) is 16.6 Å². The minimum Gasteiger partial charge on any atom is -0.437 e. The molecule has 5 atom stereocenters. The molecule has 0 saturated carbocycles. The Kier molecular flexibility index (Phi) is 29.6. The van der Waals surface area contributed by atoms with Gasteiger partial charge in [-0.15, -0.1) is 0 Å². The van der Waals surface area contributed by atoms with Crippen molar-refractivity contribution >= 4 is 50.9 Å². The summed E-state index contributed by atoms with van der Waals surface area (Å²) < 4.78 is 51.2. The highest BCUT2D eigenvalue weighted by Crippen LogP contribution is 2.32. The van der Waals surface area contributed by atoms with Gasteiger partial charge < -0.3 is 55.2 Å². The Hall–Kier alpha value is 0.821. The van der Waals surface area contributed by atoms with Crippen LogP contribution in [0.5, 0.6) is 0 Å². The largest absolute Gasteiger partial charge is 0.437 e. The minimum atomic E-state index is -2.74. The normalized spacial score (nSPS) is 17.1. The topological polar surface area (TPSA) is 155 Å². The van der Waals surface area contributed by atoms with Crippen LogP contribution in [0.2, 0.25) is 90.7 Å². The maximum absolute atomic E-state index is 10.3. The zero-order chi connectivity index (χ0) is 42.9.